The Morgan fingerprint density at radius 3 is 2.86 bits per heavy atom. The van der Waals surface area contributed by atoms with Gasteiger partial charge in [0.1, 0.15) is 11.3 Å². The number of aryl methyl sites for hydroxylation is 1. The Morgan fingerprint density at radius 2 is 1.96 bits per heavy atom. The average Bonchev–Trinajstić information content (AvgIpc) is 3.28. The summed E-state index contributed by atoms with van der Waals surface area (Å²) in [6.45, 7) is 4.10. The standard InChI is InChI=1S/C22H23N3O3/c1-15-7-9-24-14-17(23-21(24)12-15)22(26)25-8-2-4-18(25)16-5-6-19-20(13-16)28-11-3-10-27-19/h5-7,9,12-14,18H,2-4,8,10-11H2,1H3/t18-/m1/s1. The molecule has 3 aromatic rings. The molecule has 0 N–H and O–H groups in total. The number of carbonyl (C=O) groups excluding carboxylic acids is 1. The van der Waals surface area contributed by atoms with Crippen molar-refractivity contribution < 1.29 is 14.3 Å². The van der Waals surface area contributed by atoms with Gasteiger partial charge in [0.25, 0.3) is 5.91 Å². The van der Waals surface area contributed by atoms with Gasteiger partial charge in [0.2, 0.25) is 0 Å². The number of likely N-dealkylation sites (tertiary alicyclic amines) is 1. The van der Waals surface area contributed by atoms with Crippen molar-refractivity contribution in [1.29, 1.82) is 0 Å². The first-order valence-corrected chi connectivity index (χ1v) is 9.85. The molecule has 1 atom stereocenters. The molecule has 4 heterocycles. The van der Waals surface area contributed by atoms with Crippen molar-refractivity contribution in [2.45, 2.75) is 32.2 Å². The molecule has 0 unspecified atom stereocenters. The molecule has 28 heavy (non-hydrogen) atoms. The minimum Gasteiger partial charge on any atom is -0.490 e. The lowest BCUT2D eigenvalue weighted by molar-refractivity contribution is 0.0730. The third-order valence-corrected chi connectivity index (χ3v) is 5.50. The van der Waals surface area contributed by atoms with Crippen molar-refractivity contribution in [1.82, 2.24) is 14.3 Å². The molecule has 0 radical (unpaired) electrons. The largest absolute Gasteiger partial charge is 0.490 e. The van der Waals surface area contributed by atoms with E-state index in [-0.39, 0.29) is 11.9 Å². The van der Waals surface area contributed by atoms with Crippen LogP contribution < -0.4 is 9.47 Å². The van der Waals surface area contributed by atoms with E-state index in [2.05, 4.69) is 11.1 Å². The molecule has 0 spiro atoms. The fourth-order valence-corrected chi connectivity index (χ4v) is 4.08. The van der Waals surface area contributed by atoms with Crippen LogP contribution in [0.25, 0.3) is 5.65 Å². The summed E-state index contributed by atoms with van der Waals surface area (Å²) in [4.78, 5) is 19.7. The SMILES string of the molecule is Cc1ccn2cc(C(=O)N3CCC[C@@H]3c3ccc4c(c3)OCCCO4)nc2c1. The zero-order valence-corrected chi connectivity index (χ0v) is 15.9. The van der Waals surface area contributed by atoms with Crippen LogP contribution in [0.1, 0.15) is 46.9 Å². The Bertz CT molecular complexity index is 1040. The molecule has 0 aliphatic carbocycles. The molecule has 1 amide bonds. The second kappa shape index (κ2) is 6.86. The lowest BCUT2D eigenvalue weighted by Gasteiger charge is -2.25. The number of amides is 1. The fourth-order valence-electron chi connectivity index (χ4n) is 4.08. The molecule has 2 aliphatic heterocycles. The normalized spacial score (nSPS) is 19.0. The van der Waals surface area contributed by atoms with Crippen molar-refractivity contribution in [3.8, 4) is 11.5 Å². The van der Waals surface area contributed by atoms with Crippen molar-refractivity contribution >= 4 is 11.6 Å². The second-order valence-electron chi connectivity index (χ2n) is 7.51. The highest BCUT2D eigenvalue weighted by atomic mass is 16.5. The van der Waals surface area contributed by atoms with Gasteiger partial charge in [-0.2, -0.15) is 0 Å². The molecule has 5 rings (SSSR count). The first-order valence-electron chi connectivity index (χ1n) is 9.85. The zero-order chi connectivity index (χ0) is 19.1. The molecule has 1 aromatic carbocycles. The van der Waals surface area contributed by atoms with Crippen LogP contribution in [0.2, 0.25) is 0 Å². The molecule has 6 heteroatoms. The van der Waals surface area contributed by atoms with Gasteiger partial charge in [0, 0.05) is 25.4 Å². The van der Waals surface area contributed by atoms with Crippen LogP contribution in [0.5, 0.6) is 11.5 Å². The number of rotatable bonds is 2. The number of aromatic nitrogens is 2. The van der Waals surface area contributed by atoms with Crippen LogP contribution in [0.3, 0.4) is 0 Å². The van der Waals surface area contributed by atoms with Gasteiger partial charge in [-0.25, -0.2) is 4.98 Å². The maximum Gasteiger partial charge on any atom is 0.274 e. The number of pyridine rings is 1. The predicted octanol–water partition coefficient (Wildman–Crippen LogP) is 3.78. The third kappa shape index (κ3) is 2.99. The number of hydrogen-bond donors (Lipinski definition) is 0. The highest BCUT2D eigenvalue weighted by Gasteiger charge is 2.32. The predicted molar refractivity (Wildman–Crippen MR) is 105 cm³/mol. The lowest BCUT2D eigenvalue weighted by atomic mass is 10.0. The summed E-state index contributed by atoms with van der Waals surface area (Å²) in [6, 6.07) is 10.1. The Kier molecular flexibility index (Phi) is 4.19. The van der Waals surface area contributed by atoms with Gasteiger partial charge in [-0.05, 0) is 55.2 Å². The van der Waals surface area contributed by atoms with Crippen molar-refractivity contribution in [2.75, 3.05) is 19.8 Å². The van der Waals surface area contributed by atoms with Crippen molar-refractivity contribution in [2.24, 2.45) is 0 Å². The monoisotopic (exact) mass is 377 g/mol. The van der Waals surface area contributed by atoms with Gasteiger partial charge < -0.3 is 18.8 Å². The molecule has 1 fully saturated rings. The van der Waals surface area contributed by atoms with Gasteiger partial charge in [-0.3, -0.25) is 4.79 Å². The Morgan fingerprint density at radius 1 is 1.11 bits per heavy atom. The van der Waals surface area contributed by atoms with Crippen LogP contribution in [-0.2, 0) is 0 Å². The topological polar surface area (TPSA) is 56.1 Å². The van der Waals surface area contributed by atoms with E-state index in [1.54, 1.807) is 0 Å². The van der Waals surface area contributed by atoms with Gasteiger partial charge in [0.05, 0.1) is 19.3 Å². The third-order valence-electron chi connectivity index (χ3n) is 5.50. The fraction of sp³-hybridized carbons (Fsp3) is 0.364. The van der Waals surface area contributed by atoms with Crippen molar-refractivity contribution in [3.05, 3.63) is 59.5 Å². The summed E-state index contributed by atoms with van der Waals surface area (Å²) in [5.41, 5.74) is 3.51. The van der Waals surface area contributed by atoms with E-state index in [4.69, 9.17) is 9.47 Å². The van der Waals surface area contributed by atoms with E-state index >= 15 is 0 Å². The first-order chi connectivity index (χ1) is 13.7. The van der Waals surface area contributed by atoms with E-state index in [0.29, 0.717) is 18.9 Å². The summed E-state index contributed by atoms with van der Waals surface area (Å²) in [5, 5.41) is 0. The van der Waals surface area contributed by atoms with Crippen LogP contribution >= 0.6 is 0 Å². The average molecular weight is 377 g/mol. The van der Waals surface area contributed by atoms with Gasteiger partial charge in [-0.15, -0.1) is 0 Å². The van der Waals surface area contributed by atoms with Gasteiger partial charge >= 0.3 is 0 Å². The van der Waals surface area contributed by atoms with E-state index in [0.717, 1.165) is 54.1 Å². The molecule has 1 saturated heterocycles. The molecule has 2 aliphatic rings. The van der Waals surface area contributed by atoms with E-state index in [1.165, 1.54) is 0 Å². The quantitative estimate of drug-likeness (QED) is 0.682. The number of nitrogens with zero attached hydrogens (tertiary/aromatic N) is 3. The summed E-state index contributed by atoms with van der Waals surface area (Å²) in [5.74, 6) is 1.54. The van der Waals surface area contributed by atoms with Crippen LogP contribution in [-0.4, -0.2) is 40.0 Å². The molecule has 0 saturated carbocycles. The number of imidazole rings is 1. The van der Waals surface area contributed by atoms with Crippen molar-refractivity contribution in [3.63, 3.8) is 0 Å². The number of hydrogen-bond acceptors (Lipinski definition) is 4. The van der Waals surface area contributed by atoms with Crippen LogP contribution in [0, 0.1) is 6.92 Å². The van der Waals surface area contributed by atoms with Gasteiger partial charge in [0.15, 0.2) is 11.5 Å². The van der Waals surface area contributed by atoms with E-state index in [1.807, 2.05) is 52.9 Å². The summed E-state index contributed by atoms with van der Waals surface area (Å²) in [7, 11) is 0. The number of benzene rings is 1. The first kappa shape index (κ1) is 17.1. The van der Waals surface area contributed by atoms with Gasteiger partial charge in [-0.1, -0.05) is 6.07 Å². The van der Waals surface area contributed by atoms with Crippen LogP contribution in [0.15, 0.2) is 42.7 Å². The minimum atomic E-state index is -0.0176. The summed E-state index contributed by atoms with van der Waals surface area (Å²) < 4.78 is 13.5. The Balaban J connectivity index is 1.44. The molecular formula is C22H23N3O3. The second-order valence-corrected chi connectivity index (χ2v) is 7.51. The maximum absolute atomic E-state index is 13.2. The molecule has 0 bridgehead atoms. The zero-order valence-electron chi connectivity index (χ0n) is 15.9. The molecule has 2 aromatic heterocycles. The summed E-state index contributed by atoms with van der Waals surface area (Å²) in [6.07, 6.45) is 6.57. The van der Waals surface area contributed by atoms with Crippen LogP contribution in [0.4, 0.5) is 0 Å². The lowest BCUT2D eigenvalue weighted by Crippen LogP contribution is -2.30. The number of ether oxygens (including phenoxy) is 2. The number of carbonyl (C=O) groups is 1. The minimum absolute atomic E-state index is 0.0176. The smallest absolute Gasteiger partial charge is 0.274 e. The molecule has 6 nitrogen and oxygen atoms in total. The molecule has 144 valence electrons. The highest BCUT2D eigenvalue weighted by molar-refractivity contribution is 5.93. The van der Waals surface area contributed by atoms with E-state index < -0.39 is 0 Å². The number of fused-ring (bicyclic) bond motifs is 2. The Labute approximate surface area is 163 Å². The highest BCUT2D eigenvalue weighted by Crippen LogP contribution is 2.38. The maximum atomic E-state index is 13.2. The Hall–Kier alpha value is -3.02. The van der Waals surface area contributed by atoms with E-state index in [9.17, 15) is 4.79 Å². The molecular weight excluding hydrogens is 354 g/mol. The summed E-state index contributed by atoms with van der Waals surface area (Å²) >= 11 is 0.